The standard InChI is InChI=1S/C13H25N3O/c1-10-12(8-9-17-10)13(16-14)15-11-6-4-2-3-5-7-11/h10-12H,2-9,14H2,1H3,(H,15,16). The SMILES string of the molecule is CC1OCCC1C(=NC1CCCCCC1)NN. The van der Waals surface area contributed by atoms with Gasteiger partial charge in [0.15, 0.2) is 0 Å². The number of aliphatic imine (C=N–C) groups is 1. The summed E-state index contributed by atoms with van der Waals surface area (Å²) in [5.41, 5.74) is 2.81. The van der Waals surface area contributed by atoms with E-state index in [1.165, 1.54) is 38.5 Å². The Labute approximate surface area is 104 Å². The van der Waals surface area contributed by atoms with Gasteiger partial charge in [-0.05, 0) is 26.2 Å². The van der Waals surface area contributed by atoms with Crippen molar-refractivity contribution in [1.82, 2.24) is 5.43 Å². The van der Waals surface area contributed by atoms with Crippen LogP contribution in [-0.4, -0.2) is 24.6 Å². The molecule has 0 bridgehead atoms. The fraction of sp³-hybridized carbons (Fsp3) is 0.923. The van der Waals surface area contributed by atoms with Gasteiger partial charge in [0.1, 0.15) is 5.84 Å². The van der Waals surface area contributed by atoms with Crippen LogP contribution in [-0.2, 0) is 4.74 Å². The van der Waals surface area contributed by atoms with Gasteiger partial charge in [-0.2, -0.15) is 0 Å². The van der Waals surface area contributed by atoms with Crippen molar-refractivity contribution in [3.05, 3.63) is 0 Å². The first-order chi connectivity index (χ1) is 8.31. The molecule has 0 aromatic carbocycles. The predicted molar refractivity (Wildman–Crippen MR) is 69.8 cm³/mol. The number of hydrogen-bond donors (Lipinski definition) is 2. The molecule has 2 fully saturated rings. The van der Waals surface area contributed by atoms with E-state index in [1.54, 1.807) is 0 Å². The predicted octanol–water partition coefficient (Wildman–Crippen LogP) is 2.00. The van der Waals surface area contributed by atoms with Crippen molar-refractivity contribution in [3.8, 4) is 0 Å². The fourth-order valence-corrected chi connectivity index (χ4v) is 2.91. The van der Waals surface area contributed by atoms with Gasteiger partial charge < -0.3 is 10.2 Å². The van der Waals surface area contributed by atoms with Crippen molar-refractivity contribution in [2.75, 3.05) is 6.61 Å². The Morgan fingerprint density at radius 2 is 1.88 bits per heavy atom. The van der Waals surface area contributed by atoms with Crippen LogP contribution in [0.25, 0.3) is 0 Å². The maximum absolute atomic E-state index is 5.63. The minimum absolute atomic E-state index is 0.246. The Hall–Kier alpha value is -0.610. The average molecular weight is 239 g/mol. The van der Waals surface area contributed by atoms with Crippen LogP contribution in [0, 0.1) is 5.92 Å². The summed E-state index contributed by atoms with van der Waals surface area (Å²) < 4.78 is 5.59. The normalized spacial score (nSPS) is 32.5. The van der Waals surface area contributed by atoms with Gasteiger partial charge in [0.2, 0.25) is 0 Å². The lowest BCUT2D eigenvalue weighted by atomic mass is 10.0. The Balaban J connectivity index is 2.00. The van der Waals surface area contributed by atoms with Crippen LogP contribution in [0.15, 0.2) is 4.99 Å². The summed E-state index contributed by atoms with van der Waals surface area (Å²) in [4.78, 5) is 4.85. The van der Waals surface area contributed by atoms with Gasteiger partial charge in [-0.1, -0.05) is 25.7 Å². The topological polar surface area (TPSA) is 59.6 Å². The maximum atomic E-state index is 5.63. The van der Waals surface area contributed by atoms with Crippen molar-refractivity contribution in [1.29, 1.82) is 0 Å². The molecule has 2 unspecified atom stereocenters. The third-order valence-electron chi connectivity index (χ3n) is 4.02. The summed E-state index contributed by atoms with van der Waals surface area (Å²) in [5, 5.41) is 0. The fourth-order valence-electron chi connectivity index (χ4n) is 2.91. The van der Waals surface area contributed by atoms with Crippen LogP contribution in [0.3, 0.4) is 0 Å². The molecule has 0 spiro atoms. The zero-order valence-electron chi connectivity index (χ0n) is 10.8. The third kappa shape index (κ3) is 3.42. The van der Waals surface area contributed by atoms with Crippen molar-refractivity contribution in [2.45, 2.75) is 64.0 Å². The van der Waals surface area contributed by atoms with Gasteiger partial charge in [0.05, 0.1) is 12.1 Å². The Kier molecular flexibility index (Phi) is 4.80. The number of hydrazine groups is 1. The lowest BCUT2D eigenvalue weighted by Crippen LogP contribution is -2.39. The number of nitrogens with one attached hydrogen (secondary N) is 1. The molecule has 98 valence electrons. The average Bonchev–Trinajstić information content (AvgIpc) is 2.62. The second kappa shape index (κ2) is 6.36. The van der Waals surface area contributed by atoms with Crippen LogP contribution in [0.1, 0.15) is 51.9 Å². The lowest BCUT2D eigenvalue weighted by molar-refractivity contribution is 0.116. The summed E-state index contributed by atoms with van der Waals surface area (Å²) in [5.74, 6) is 6.96. The summed E-state index contributed by atoms with van der Waals surface area (Å²) in [6, 6.07) is 0.469. The van der Waals surface area contributed by atoms with E-state index in [2.05, 4.69) is 12.3 Å². The largest absolute Gasteiger partial charge is 0.378 e. The van der Waals surface area contributed by atoms with Crippen LogP contribution in [0.2, 0.25) is 0 Å². The highest BCUT2D eigenvalue weighted by atomic mass is 16.5. The molecule has 0 aromatic heterocycles. The quantitative estimate of drug-likeness (QED) is 0.255. The Bertz CT molecular complexity index is 259. The molecular weight excluding hydrogens is 214 g/mol. The first-order valence-electron chi connectivity index (χ1n) is 6.97. The molecule has 1 heterocycles. The van der Waals surface area contributed by atoms with E-state index >= 15 is 0 Å². The molecule has 4 nitrogen and oxygen atoms in total. The molecule has 0 amide bonds. The third-order valence-corrected chi connectivity index (χ3v) is 4.02. The van der Waals surface area contributed by atoms with Gasteiger partial charge in [-0.3, -0.25) is 4.99 Å². The molecule has 2 rings (SSSR count). The molecule has 1 aliphatic carbocycles. The van der Waals surface area contributed by atoms with Crippen molar-refractivity contribution in [3.63, 3.8) is 0 Å². The Morgan fingerprint density at radius 3 is 2.41 bits per heavy atom. The molecule has 2 atom stereocenters. The molecule has 0 radical (unpaired) electrons. The van der Waals surface area contributed by atoms with Gasteiger partial charge in [0.25, 0.3) is 0 Å². The van der Waals surface area contributed by atoms with E-state index in [-0.39, 0.29) is 6.10 Å². The number of rotatable bonds is 2. The molecular formula is C13H25N3O. The van der Waals surface area contributed by atoms with E-state index in [0.29, 0.717) is 12.0 Å². The highest BCUT2D eigenvalue weighted by molar-refractivity contribution is 5.85. The van der Waals surface area contributed by atoms with Crippen LogP contribution < -0.4 is 11.3 Å². The summed E-state index contributed by atoms with van der Waals surface area (Å²) in [6.45, 7) is 2.94. The van der Waals surface area contributed by atoms with Gasteiger partial charge >= 0.3 is 0 Å². The molecule has 1 saturated heterocycles. The molecule has 4 heteroatoms. The lowest BCUT2D eigenvalue weighted by Gasteiger charge is -2.19. The number of amidine groups is 1. The molecule has 1 saturated carbocycles. The van der Waals surface area contributed by atoms with Gasteiger partial charge in [-0.15, -0.1) is 0 Å². The van der Waals surface area contributed by atoms with E-state index in [9.17, 15) is 0 Å². The zero-order valence-corrected chi connectivity index (χ0v) is 10.8. The van der Waals surface area contributed by atoms with Crippen LogP contribution in [0.4, 0.5) is 0 Å². The molecule has 2 aliphatic rings. The molecule has 3 N–H and O–H groups in total. The first kappa shape index (κ1) is 12.8. The maximum Gasteiger partial charge on any atom is 0.116 e. The van der Waals surface area contributed by atoms with Gasteiger partial charge in [0, 0.05) is 12.5 Å². The summed E-state index contributed by atoms with van der Waals surface area (Å²) in [6.07, 6.45) is 9.05. The molecule has 1 aliphatic heterocycles. The van der Waals surface area contributed by atoms with Crippen LogP contribution >= 0.6 is 0 Å². The second-order valence-electron chi connectivity index (χ2n) is 5.28. The van der Waals surface area contributed by atoms with Gasteiger partial charge in [-0.25, -0.2) is 5.84 Å². The monoisotopic (exact) mass is 239 g/mol. The van der Waals surface area contributed by atoms with Crippen LogP contribution in [0.5, 0.6) is 0 Å². The molecule has 0 aromatic rings. The molecule has 17 heavy (non-hydrogen) atoms. The number of hydrogen-bond acceptors (Lipinski definition) is 3. The van der Waals surface area contributed by atoms with Crippen molar-refractivity contribution >= 4 is 5.84 Å². The highest BCUT2D eigenvalue weighted by Crippen LogP contribution is 2.24. The highest BCUT2D eigenvalue weighted by Gasteiger charge is 2.29. The number of ether oxygens (including phenoxy) is 1. The second-order valence-corrected chi connectivity index (χ2v) is 5.28. The minimum atomic E-state index is 0.246. The summed E-state index contributed by atoms with van der Waals surface area (Å²) >= 11 is 0. The Morgan fingerprint density at radius 1 is 1.18 bits per heavy atom. The van der Waals surface area contributed by atoms with E-state index in [0.717, 1.165) is 18.9 Å². The van der Waals surface area contributed by atoms with E-state index < -0.39 is 0 Å². The summed E-state index contributed by atoms with van der Waals surface area (Å²) in [7, 11) is 0. The first-order valence-corrected chi connectivity index (χ1v) is 6.97. The zero-order chi connectivity index (χ0) is 12.1. The van der Waals surface area contributed by atoms with Crippen molar-refractivity contribution < 1.29 is 4.74 Å². The number of nitrogens with zero attached hydrogens (tertiary/aromatic N) is 1. The minimum Gasteiger partial charge on any atom is -0.378 e. The smallest absolute Gasteiger partial charge is 0.116 e. The van der Waals surface area contributed by atoms with E-state index in [1.807, 2.05) is 0 Å². The number of nitrogens with two attached hydrogens (primary N) is 1. The van der Waals surface area contributed by atoms with E-state index in [4.69, 9.17) is 15.6 Å². The van der Waals surface area contributed by atoms with Crippen molar-refractivity contribution in [2.24, 2.45) is 16.8 Å².